The Balaban J connectivity index is 2.09. The number of carbonyl (C=O) groups is 2. The molecule has 0 fully saturated rings. The summed E-state index contributed by atoms with van der Waals surface area (Å²) in [6.45, 7) is 3.85. The quantitative estimate of drug-likeness (QED) is 0.833. The summed E-state index contributed by atoms with van der Waals surface area (Å²) in [5, 5.41) is 7.42. The number of carbonyl (C=O) groups excluding carboxylic acids is 2. The standard InChI is InChI=1S/C17H20N2O3/c1-3-14(16(20)22-4-2)18-17(21)19-15-11-7-9-12-8-5-6-10-13(12)15/h5-11,14H,3-4H2,1-2H3,(H2,18,19,21)/t14-/m1/s1. The van der Waals surface area contributed by atoms with Crippen LogP contribution in [0.1, 0.15) is 20.3 Å². The summed E-state index contributed by atoms with van der Waals surface area (Å²) < 4.78 is 4.93. The number of fused-ring (bicyclic) bond motifs is 1. The van der Waals surface area contributed by atoms with Gasteiger partial charge in [-0.1, -0.05) is 43.3 Å². The van der Waals surface area contributed by atoms with Gasteiger partial charge in [0.05, 0.1) is 12.3 Å². The molecule has 0 aliphatic rings. The van der Waals surface area contributed by atoms with Crippen LogP contribution in [0.25, 0.3) is 10.8 Å². The molecule has 0 radical (unpaired) electrons. The van der Waals surface area contributed by atoms with Gasteiger partial charge >= 0.3 is 12.0 Å². The first-order chi connectivity index (χ1) is 10.7. The van der Waals surface area contributed by atoms with Gasteiger partial charge in [0.15, 0.2) is 0 Å². The van der Waals surface area contributed by atoms with Gasteiger partial charge in [0.1, 0.15) is 6.04 Å². The highest BCUT2D eigenvalue weighted by molar-refractivity contribution is 6.02. The van der Waals surface area contributed by atoms with Crippen molar-refractivity contribution in [3.8, 4) is 0 Å². The minimum absolute atomic E-state index is 0.294. The number of esters is 1. The van der Waals surface area contributed by atoms with Gasteiger partial charge in [-0.15, -0.1) is 0 Å². The zero-order valence-electron chi connectivity index (χ0n) is 12.8. The van der Waals surface area contributed by atoms with Gasteiger partial charge in [-0.25, -0.2) is 9.59 Å². The summed E-state index contributed by atoms with van der Waals surface area (Å²) in [5.74, 6) is -0.418. The third-order valence-electron chi connectivity index (χ3n) is 3.32. The maximum Gasteiger partial charge on any atom is 0.328 e. The summed E-state index contributed by atoms with van der Waals surface area (Å²) in [6, 6.07) is 12.4. The van der Waals surface area contributed by atoms with Crippen LogP contribution < -0.4 is 10.6 Å². The molecule has 0 saturated carbocycles. The van der Waals surface area contributed by atoms with E-state index >= 15 is 0 Å². The molecule has 0 bridgehead atoms. The number of rotatable bonds is 5. The van der Waals surface area contributed by atoms with Crippen LogP contribution in [0.15, 0.2) is 42.5 Å². The van der Waals surface area contributed by atoms with Crippen molar-refractivity contribution in [1.29, 1.82) is 0 Å². The van der Waals surface area contributed by atoms with Crippen molar-refractivity contribution in [2.24, 2.45) is 0 Å². The summed E-state index contributed by atoms with van der Waals surface area (Å²) in [4.78, 5) is 23.8. The van der Waals surface area contributed by atoms with Crippen LogP contribution in [0.2, 0.25) is 0 Å². The third-order valence-corrected chi connectivity index (χ3v) is 3.32. The summed E-state index contributed by atoms with van der Waals surface area (Å²) in [7, 11) is 0. The topological polar surface area (TPSA) is 67.4 Å². The van der Waals surface area contributed by atoms with Gasteiger partial charge in [-0.05, 0) is 24.8 Å². The second-order valence-electron chi connectivity index (χ2n) is 4.84. The van der Waals surface area contributed by atoms with E-state index in [1.807, 2.05) is 49.4 Å². The normalized spacial score (nSPS) is 11.7. The van der Waals surface area contributed by atoms with E-state index < -0.39 is 18.0 Å². The molecule has 0 aromatic heterocycles. The monoisotopic (exact) mass is 300 g/mol. The molecule has 1 atom stereocenters. The molecule has 2 aromatic carbocycles. The van der Waals surface area contributed by atoms with Gasteiger partial charge in [0, 0.05) is 5.39 Å². The second kappa shape index (κ2) is 7.45. The highest BCUT2D eigenvalue weighted by Gasteiger charge is 2.20. The molecule has 116 valence electrons. The van der Waals surface area contributed by atoms with Crippen molar-refractivity contribution in [3.63, 3.8) is 0 Å². The van der Waals surface area contributed by atoms with Crippen molar-refractivity contribution in [1.82, 2.24) is 5.32 Å². The number of ether oxygens (including phenoxy) is 1. The van der Waals surface area contributed by atoms with Crippen molar-refractivity contribution >= 4 is 28.5 Å². The molecule has 22 heavy (non-hydrogen) atoms. The van der Waals surface area contributed by atoms with E-state index in [-0.39, 0.29) is 0 Å². The van der Waals surface area contributed by atoms with Crippen LogP contribution in [0.4, 0.5) is 10.5 Å². The molecule has 0 heterocycles. The van der Waals surface area contributed by atoms with E-state index in [1.54, 1.807) is 6.92 Å². The maximum atomic E-state index is 12.1. The summed E-state index contributed by atoms with van der Waals surface area (Å²) >= 11 is 0. The Labute approximate surface area is 129 Å². The van der Waals surface area contributed by atoms with Crippen LogP contribution in [0.3, 0.4) is 0 Å². The zero-order valence-corrected chi connectivity index (χ0v) is 12.8. The number of anilines is 1. The fourth-order valence-electron chi connectivity index (χ4n) is 2.22. The molecule has 0 aliphatic carbocycles. The molecule has 2 N–H and O–H groups in total. The average molecular weight is 300 g/mol. The first-order valence-electron chi connectivity index (χ1n) is 7.37. The number of amides is 2. The fourth-order valence-corrected chi connectivity index (χ4v) is 2.22. The van der Waals surface area contributed by atoms with E-state index in [0.717, 1.165) is 10.8 Å². The Hall–Kier alpha value is -2.56. The van der Waals surface area contributed by atoms with Crippen molar-refractivity contribution < 1.29 is 14.3 Å². The Bertz CT molecular complexity index is 665. The zero-order chi connectivity index (χ0) is 15.9. The van der Waals surface area contributed by atoms with Gasteiger partial charge in [-0.2, -0.15) is 0 Å². The van der Waals surface area contributed by atoms with Gasteiger partial charge < -0.3 is 15.4 Å². The molecule has 2 aromatic rings. The average Bonchev–Trinajstić information content (AvgIpc) is 2.53. The van der Waals surface area contributed by atoms with Crippen LogP contribution in [-0.2, 0) is 9.53 Å². The second-order valence-corrected chi connectivity index (χ2v) is 4.84. The van der Waals surface area contributed by atoms with E-state index in [0.29, 0.717) is 18.7 Å². The molecule has 0 saturated heterocycles. The van der Waals surface area contributed by atoms with E-state index in [9.17, 15) is 9.59 Å². The number of nitrogens with one attached hydrogen (secondary N) is 2. The van der Waals surface area contributed by atoms with E-state index in [2.05, 4.69) is 10.6 Å². The lowest BCUT2D eigenvalue weighted by molar-refractivity contribution is -0.145. The number of urea groups is 1. The lowest BCUT2D eigenvalue weighted by Gasteiger charge is -2.16. The predicted octanol–water partition coefficient (Wildman–Crippen LogP) is 3.30. The first-order valence-corrected chi connectivity index (χ1v) is 7.37. The number of hydrogen-bond donors (Lipinski definition) is 2. The van der Waals surface area contributed by atoms with Gasteiger partial charge in [-0.3, -0.25) is 0 Å². The van der Waals surface area contributed by atoms with Crippen LogP contribution in [0, 0.1) is 0 Å². The van der Waals surface area contributed by atoms with Crippen molar-refractivity contribution in [2.75, 3.05) is 11.9 Å². The molecule has 2 rings (SSSR count). The molecule has 2 amide bonds. The minimum atomic E-state index is -0.644. The molecular weight excluding hydrogens is 280 g/mol. The highest BCUT2D eigenvalue weighted by atomic mass is 16.5. The van der Waals surface area contributed by atoms with Crippen molar-refractivity contribution in [2.45, 2.75) is 26.3 Å². The van der Waals surface area contributed by atoms with Crippen LogP contribution >= 0.6 is 0 Å². The van der Waals surface area contributed by atoms with Crippen molar-refractivity contribution in [3.05, 3.63) is 42.5 Å². The molecule has 0 unspecified atom stereocenters. The fraction of sp³-hybridized carbons (Fsp3) is 0.294. The van der Waals surface area contributed by atoms with Crippen LogP contribution in [0.5, 0.6) is 0 Å². The molecule has 5 heteroatoms. The Morgan fingerprint density at radius 1 is 1.09 bits per heavy atom. The smallest absolute Gasteiger partial charge is 0.328 e. The Morgan fingerprint density at radius 3 is 2.55 bits per heavy atom. The predicted molar refractivity (Wildman–Crippen MR) is 86.8 cm³/mol. The SMILES string of the molecule is CCOC(=O)[C@@H](CC)NC(=O)Nc1cccc2ccccc12. The molecule has 0 spiro atoms. The Kier molecular flexibility index (Phi) is 5.36. The molecular formula is C17H20N2O3. The summed E-state index contributed by atoms with van der Waals surface area (Å²) in [6.07, 6.45) is 0.474. The van der Waals surface area contributed by atoms with E-state index in [1.165, 1.54) is 0 Å². The first kappa shape index (κ1) is 15.8. The van der Waals surface area contributed by atoms with Gasteiger partial charge in [0.25, 0.3) is 0 Å². The van der Waals surface area contributed by atoms with E-state index in [4.69, 9.17) is 4.74 Å². The minimum Gasteiger partial charge on any atom is -0.464 e. The Morgan fingerprint density at radius 2 is 1.82 bits per heavy atom. The molecule has 5 nitrogen and oxygen atoms in total. The third kappa shape index (κ3) is 3.75. The lowest BCUT2D eigenvalue weighted by atomic mass is 10.1. The summed E-state index contributed by atoms with van der Waals surface area (Å²) in [5.41, 5.74) is 0.703. The van der Waals surface area contributed by atoms with Gasteiger partial charge in [0.2, 0.25) is 0 Å². The highest BCUT2D eigenvalue weighted by Crippen LogP contribution is 2.22. The maximum absolute atomic E-state index is 12.1. The number of benzene rings is 2. The van der Waals surface area contributed by atoms with Crippen LogP contribution in [-0.4, -0.2) is 24.6 Å². The largest absolute Gasteiger partial charge is 0.464 e. The molecule has 0 aliphatic heterocycles. The lowest BCUT2D eigenvalue weighted by Crippen LogP contribution is -2.43. The number of hydrogen-bond acceptors (Lipinski definition) is 3.